The van der Waals surface area contributed by atoms with Crippen LogP contribution in [0.3, 0.4) is 0 Å². The summed E-state index contributed by atoms with van der Waals surface area (Å²) in [6.45, 7) is 3.46. The molecule has 2 aromatic rings. The molecule has 0 aliphatic carbocycles. The van der Waals surface area contributed by atoms with E-state index in [1.165, 1.54) is 0 Å². The van der Waals surface area contributed by atoms with Crippen molar-refractivity contribution in [3.05, 3.63) is 47.3 Å². The number of rotatable bonds is 4. The Kier molecular flexibility index (Phi) is 3.89. The molecule has 0 aliphatic heterocycles. The zero-order valence-corrected chi connectivity index (χ0v) is 11.6. The summed E-state index contributed by atoms with van der Waals surface area (Å²) in [6.07, 6.45) is 3.27. The fourth-order valence-corrected chi connectivity index (χ4v) is 1.84. The Bertz CT molecular complexity index is 654. The Morgan fingerprint density at radius 1 is 1.35 bits per heavy atom. The number of benzene rings is 1. The van der Waals surface area contributed by atoms with Crippen molar-refractivity contribution >= 4 is 12.0 Å². The average Bonchev–Trinajstić information content (AvgIpc) is 2.80. The minimum atomic E-state index is -0.929. The maximum atomic E-state index is 10.9. The van der Waals surface area contributed by atoms with Crippen molar-refractivity contribution < 1.29 is 14.6 Å². The van der Waals surface area contributed by atoms with E-state index in [2.05, 4.69) is 5.10 Å². The molecule has 0 atom stereocenters. The zero-order chi connectivity index (χ0) is 14.7. The molecule has 5 nitrogen and oxygen atoms in total. The minimum absolute atomic E-state index is 0.280. The Morgan fingerprint density at radius 2 is 2.00 bits per heavy atom. The van der Waals surface area contributed by atoms with Gasteiger partial charge in [-0.15, -0.1) is 0 Å². The molecule has 0 fully saturated rings. The molecule has 0 spiro atoms. The third kappa shape index (κ3) is 2.71. The summed E-state index contributed by atoms with van der Waals surface area (Å²) in [4.78, 5) is 10.9. The molecule has 20 heavy (non-hydrogen) atoms. The molecule has 1 aromatic heterocycles. The van der Waals surface area contributed by atoms with Gasteiger partial charge in [-0.2, -0.15) is 5.10 Å². The van der Waals surface area contributed by atoms with Crippen LogP contribution in [0.1, 0.15) is 18.2 Å². The highest BCUT2D eigenvalue weighted by atomic mass is 16.5. The second-order valence-electron chi connectivity index (χ2n) is 4.43. The van der Waals surface area contributed by atoms with E-state index in [0.717, 1.165) is 22.7 Å². The molecule has 0 radical (unpaired) electrons. The number of carbonyl (C=O) groups is 1. The smallest absolute Gasteiger partial charge is 0.331 e. The molecule has 2 rings (SSSR count). The number of carboxylic acids is 1. The Morgan fingerprint density at radius 3 is 2.55 bits per heavy atom. The predicted molar refractivity (Wildman–Crippen MR) is 76.1 cm³/mol. The van der Waals surface area contributed by atoms with Crippen LogP contribution in [-0.2, 0) is 4.79 Å². The molecule has 0 aliphatic rings. The number of hydrogen-bond acceptors (Lipinski definition) is 3. The molecule has 0 amide bonds. The number of hydrogen-bond donors (Lipinski definition) is 1. The van der Waals surface area contributed by atoms with Crippen molar-refractivity contribution in [3.8, 4) is 11.4 Å². The molecule has 0 saturated carbocycles. The predicted octanol–water partition coefficient (Wildman–Crippen LogP) is 2.68. The van der Waals surface area contributed by atoms with E-state index in [9.17, 15) is 4.79 Å². The van der Waals surface area contributed by atoms with Crippen molar-refractivity contribution in [2.45, 2.75) is 13.8 Å². The van der Waals surface area contributed by atoms with Gasteiger partial charge in [0.25, 0.3) is 0 Å². The van der Waals surface area contributed by atoms with Crippen molar-refractivity contribution in [1.29, 1.82) is 0 Å². The van der Waals surface area contributed by atoms with Gasteiger partial charge in [-0.3, -0.25) is 0 Å². The van der Waals surface area contributed by atoms with Gasteiger partial charge in [0.1, 0.15) is 5.75 Å². The van der Waals surface area contributed by atoms with Crippen LogP contribution < -0.4 is 4.74 Å². The van der Waals surface area contributed by atoms with Crippen LogP contribution in [0.25, 0.3) is 11.8 Å². The van der Waals surface area contributed by atoms with Gasteiger partial charge in [0, 0.05) is 16.8 Å². The lowest BCUT2D eigenvalue weighted by atomic mass is 10.2. The molecule has 104 valence electrons. The summed E-state index contributed by atoms with van der Waals surface area (Å²) in [5, 5.41) is 13.2. The van der Waals surface area contributed by atoms with Crippen molar-refractivity contribution in [1.82, 2.24) is 9.78 Å². The molecule has 0 saturated heterocycles. The van der Waals surface area contributed by atoms with E-state index in [1.54, 1.807) is 31.0 Å². The molecule has 1 heterocycles. The van der Waals surface area contributed by atoms with Crippen LogP contribution in [0.4, 0.5) is 0 Å². The van der Waals surface area contributed by atoms with Gasteiger partial charge in [0.15, 0.2) is 0 Å². The zero-order valence-electron chi connectivity index (χ0n) is 11.6. The van der Waals surface area contributed by atoms with Gasteiger partial charge in [-0.25, -0.2) is 9.48 Å². The van der Waals surface area contributed by atoms with Gasteiger partial charge in [0.2, 0.25) is 0 Å². The van der Waals surface area contributed by atoms with E-state index in [-0.39, 0.29) is 5.57 Å². The number of ether oxygens (including phenoxy) is 1. The summed E-state index contributed by atoms with van der Waals surface area (Å²) < 4.78 is 6.88. The molecular formula is C15H16N2O3. The van der Waals surface area contributed by atoms with Gasteiger partial charge in [0.05, 0.1) is 19.0 Å². The summed E-state index contributed by atoms with van der Waals surface area (Å²) in [7, 11) is 1.62. The normalized spacial score (nSPS) is 11.4. The van der Waals surface area contributed by atoms with Crippen LogP contribution in [0.5, 0.6) is 5.75 Å². The molecular weight excluding hydrogens is 256 g/mol. The van der Waals surface area contributed by atoms with Gasteiger partial charge >= 0.3 is 5.97 Å². The Balaban J connectivity index is 2.37. The summed E-state index contributed by atoms with van der Waals surface area (Å²) in [5.41, 5.74) is 2.86. The quantitative estimate of drug-likeness (QED) is 0.869. The Labute approximate surface area is 117 Å². The van der Waals surface area contributed by atoms with E-state index in [4.69, 9.17) is 9.84 Å². The molecule has 1 aromatic carbocycles. The first-order valence-electron chi connectivity index (χ1n) is 6.13. The fourth-order valence-electron chi connectivity index (χ4n) is 1.84. The highest BCUT2D eigenvalue weighted by Crippen LogP contribution is 2.19. The summed E-state index contributed by atoms with van der Waals surface area (Å²) in [6, 6.07) is 7.51. The second-order valence-corrected chi connectivity index (χ2v) is 4.43. The van der Waals surface area contributed by atoms with Crippen LogP contribution in [-0.4, -0.2) is 28.0 Å². The standard InChI is InChI=1S/C15H16N2O3/c1-10(15(18)19)8-12-9-16-17(11(12)2)13-4-6-14(20-3)7-5-13/h4-9H,1-3H3,(H,18,19)/b10-8+. The monoisotopic (exact) mass is 272 g/mol. The number of aromatic nitrogens is 2. The van der Waals surface area contributed by atoms with E-state index >= 15 is 0 Å². The number of nitrogens with zero attached hydrogens (tertiary/aromatic N) is 2. The number of carboxylic acid groups (broad SMARTS) is 1. The lowest BCUT2D eigenvalue weighted by molar-refractivity contribution is -0.132. The maximum absolute atomic E-state index is 10.9. The van der Waals surface area contributed by atoms with E-state index in [0.29, 0.717) is 0 Å². The van der Waals surface area contributed by atoms with Gasteiger partial charge in [-0.05, 0) is 44.2 Å². The third-order valence-electron chi connectivity index (χ3n) is 3.07. The highest BCUT2D eigenvalue weighted by molar-refractivity contribution is 5.91. The van der Waals surface area contributed by atoms with Gasteiger partial charge < -0.3 is 9.84 Å². The molecule has 5 heteroatoms. The molecule has 1 N–H and O–H groups in total. The van der Waals surface area contributed by atoms with Gasteiger partial charge in [-0.1, -0.05) is 0 Å². The largest absolute Gasteiger partial charge is 0.497 e. The highest BCUT2D eigenvalue weighted by Gasteiger charge is 2.08. The van der Waals surface area contributed by atoms with Crippen molar-refractivity contribution in [3.63, 3.8) is 0 Å². The summed E-state index contributed by atoms with van der Waals surface area (Å²) in [5.74, 6) is -0.151. The van der Waals surface area contributed by atoms with Crippen LogP contribution in [0.15, 0.2) is 36.0 Å². The lowest BCUT2D eigenvalue weighted by Gasteiger charge is -2.06. The van der Waals surface area contributed by atoms with Crippen molar-refractivity contribution in [2.75, 3.05) is 7.11 Å². The van der Waals surface area contributed by atoms with Crippen LogP contribution in [0, 0.1) is 6.92 Å². The summed E-state index contributed by atoms with van der Waals surface area (Å²) >= 11 is 0. The first-order chi connectivity index (χ1) is 9.52. The average molecular weight is 272 g/mol. The SMILES string of the molecule is COc1ccc(-n2ncc(/C=C(\C)C(=O)O)c2C)cc1. The van der Waals surface area contributed by atoms with E-state index in [1.807, 2.05) is 31.2 Å². The lowest BCUT2D eigenvalue weighted by Crippen LogP contribution is -1.99. The number of aliphatic carboxylic acids is 1. The van der Waals surface area contributed by atoms with Crippen LogP contribution in [0.2, 0.25) is 0 Å². The number of methoxy groups -OCH3 is 1. The first-order valence-corrected chi connectivity index (χ1v) is 6.13. The van der Waals surface area contributed by atoms with Crippen LogP contribution >= 0.6 is 0 Å². The third-order valence-corrected chi connectivity index (χ3v) is 3.07. The first kappa shape index (κ1) is 13.9. The molecule has 0 unspecified atom stereocenters. The fraction of sp³-hybridized carbons (Fsp3) is 0.200. The van der Waals surface area contributed by atoms with Crippen molar-refractivity contribution in [2.24, 2.45) is 0 Å². The minimum Gasteiger partial charge on any atom is -0.497 e. The Hall–Kier alpha value is -2.56. The topological polar surface area (TPSA) is 64.4 Å². The van der Waals surface area contributed by atoms with E-state index < -0.39 is 5.97 Å². The second kappa shape index (κ2) is 5.61. The molecule has 0 bridgehead atoms. The maximum Gasteiger partial charge on any atom is 0.331 e.